The quantitative estimate of drug-likeness (QED) is 0.314. The monoisotopic (exact) mass is 554 g/mol. The van der Waals surface area contributed by atoms with Gasteiger partial charge in [0.2, 0.25) is 5.95 Å². The lowest BCUT2D eigenvalue weighted by atomic mass is 10.1. The number of carbonyl (C=O) groups is 1. The van der Waals surface area contributed by atoms with Gasteiger partial charge in [0.15, 0.2) is 0 Å². The molecule has 0 spiro atoms. The fourth-order valence-corrected chi connectivity index (χ4v) is 6.99. The molecule has 2 saturated heterocycles. The molecule has 1 aliphatic carbocycles. The van der Waals surface area contributed by atoms with Crippen molar-refractivity contribution in [3.05, 3.63) is 53.9 Å². The molecule has 1 aromatic carbocycles. The Morgan fingerprint density at radius 2 is 1.98 bits per heavy atom. The number of nitrogens with one attached hydrogen (secondary N) is 2. The van der Waals surface area contributed by atoms with Crippen molar-refractivity contribution >= 4 is 45.0 Å². The van der Waals surface area contributed by atoms with Gasteiger partial charge in [-0.2, -0.15) is 4.98 Å². The second kappa shape index (κ2) is 10.1. The molecule has 3 aliphatic rings. The van der Waals surface area contributed by atoms with Crippen molar-refractivity contribution in [3.8, 4) is 10.6 Å². The molecule has 3 aromatic heterocycles. The summed E-state index contributed by atoms with van der Waals surface area (Å²) in [7, 11) is 0. The molecule has 40 heavy (non-hydrogen) atoms. The van der Waals surface area contributed by atoms with E-state index in [4.69, 9.17) is 15.0 Å². The molecular formula is C30H34N8OS. The van der Waals surface area contributed by atoms with Gasteiger partial charge >= 0.3 is 0 Å². The highest BCUT2D eigenvalue weighted by Gasteiger charge is 2.43. The molecule has 206 valence electrons. The lowest BCUT2D eigenvalue weighted by Crippen LogP contribution is -2.46. The van der Waals surface area contributed by atoms with Crippen molar-refractivity contribution < 1.29 is 4.79 Å². The number of thiazole rings is 1. The summed E-state index contributed by atoms with van der Waals surface area (Å²) in [6, 6.07) is 12.9. The van der Waals surface area contributed by atoms with Crippen LogP contribution in [0.1, 0.15) is 49.2 Å². The first-order chi connectivity index (χ1) is 19.4. The third-order valence-corrected chi connectivity index (χ3v) is 9.51. The summed E-state index contributed by atoms with van der Waals surface area (Å²) >= 11 is 1.58. The van der Waals surface area contributed by atoms with Crippen LogP contribution in [0, 0.1) is 12.8 Å². The van der Waals surface area contributed by atoms with Crippen LogP contribution < -0.4 is 15.5 Å². The molecule has 2 N–H and O–H groups in total. The average molecular weight is 555 g/mol. The molecule has 2 aliphatic heterocycles. The van der Waals surface area contributed by atoms with E-state index in [-0.39, 0.29) is 11.9 Å². The minimum atomic E-state index is -0.0283. The Kier molecular flexibility index (Phi) is 6.39. The van der Waals surface area contributed by atoms with Crippen LogP contribution in [0.15, 0.2) is 42.6 Å². The minimum Gasteiger partial charge on any atom is -0.349 e. The van der Waals surface area contributed by atoms with Crippen LogP contribution in [-0.4, -0.2) is 68.5 Å². The summed E-state index contributed by atoms with van der Waals surface area (Å²) < 4.78 is 0.992. The third-order valence-electron chi connectivity index (χ3n) is 8.45. The topological polar surface area (TPSA) is 99.2 Å². The highest BCUT2D eigenvalue weighted by molar-refractivity contribution is 7.21. The zero-order chi connectivity index (χ0) is 27.4. The van der Waals surface area contributed by atoms with Crippen LogP contribution in [0.4, 0.5) is 17.6 Å². The molecule has 10 heteroatoms. The van der Waals surface area contributed by atoms with Crippen molar-refractivity contribution in [2.75, 3.05) is 29.9 Å². The van der Waals surface area contributed by atoms with E-state index in [0.717, 1.165) is 57.9 Å². The highest BCUT2D eigenvalue weighted by Crippen LogP contribution is 2.35. The average Bonchev–Trinajstić information content (AvgIpc) is 3.41. The van der Waals surface area contributed by atoms with E-state index in [9.17, 15) is 4.79 Å². The number of likely N-dealkylation sites (N-methyl/N-ethyl adjacent to an activating group) is 1. The zero-order valence-electron chi connectivity index (χ0n) is 23.1. The summed E-state index contributed by atoms with van der Waals surface area (Å²) in [4.78, 5) is 36.9. The molecule has 1 amide bonds. The molecule has 7 rings (SSSR count). The largest absolute Gasteiger partial charge is 0.349 e. The Hall–Kier alpha value is -3.63. The molecular weight excluding hydrogens is 520 g/mol. The molecule has 3 fully saturated rings. The number of carbonyl (C=O) groups excluding carboxylic acids is 1. The van der Waals surface area contributed by atoms with E-state index in [1.54, 1.807) is 11.3 Å². The lowest BCUT2D eigenvalue weighted by molar-refractivity contribution is 0.0936. The number of pyridine rings is 1. The maximum atomic E-state index is 12.8. The van der Waals surface area contributed by atoms with Gasteiger partial charge in [0.1, 0.15) is 16.6 Å². The SMILES string of the molecule is CCN1C[C@@H]2C[C@H]1CN2c1nc(C)cc(Nc2cc3nc(-c4cccc(C(=O)N[C@@H](C)C5CC5)c4)sc3cn2)n1. The van der Waals surface area contributed by atoms with Crippen molar-refractivity contribution in [2.45, 2.75) is 58.2 Å². The molecule has 3 atom stereocenters. The van der Waals surface area contributed by atoms with Gasteiger partial charge in [0, 0.05) is 66.4 Å². The predicted molar refractivity (Wildman–Crippen MR) is 159 cm³/mol. The van der Waals surface area contributed by atoms with E-state index in [2.05, 4.69) is 39.3 Å². The Morgan fingerprint density at radius 1 is 1.10 bits per heavy atom. The number of anilines is 3. The fraction of sp³-hybridized carbons (Fsp3) is 0.433. The van der Waals surface area contributed by atoms with Gasteiger partial charge in [-0.1, -0.05) is 19.1 Å². The first-order valence-corrected chi connectivity index (χ1v) is 15.1. The summed E-state index contributed by atoms with van der Waals surface area (Å²) in [6.45, 7) is 9.49. The number of fused-ring (bicyclic) bond motifs is 3. The van der Waals surface area contributed by atoms with Gasteiger partial charge in [-0.05, 0) is 57.7 Å². The van der Waals surface area contributed by atoms with E-state index in [1.807, 2.05) is 49.5 Å². The Labute approximate surface area is 238 Å². The second-order valence-electron chi connectivity index (χ2n) is 11.3. The molecule has 5 heterocycles. The van der Waals surface area contributed by atoms with Gasteiger partial charge in [0.25, 0.3) is 5.91 Å². The first-order valence-electron chi connectivity index (χ1n) is 14.2. The molecule has 4 aromatic rings. The predicted octanol–water partition coefficient (Wildman–Crippen LogP) is 5.01. The van der Waals surface area contributed by atoms with Gasteiger partial charge in [-0.15, -0.1) is 11.3 Å². The molecule has 0 unspecified atom stereocenters. The number of piperazine rings is 1. The Morgan fingerprint density at radius 3 is 2.75 bits per heavy atom. The number of aromatic nitrogens is 4. The Bertz CT molecular complexity index is 1580. The van der Waals surface area contributed by atoms with Crippen LogP contribution in [0.2, 0.25) is 0 Å². The maximum absolute atomic E-state index is 12.8. The van der Waals surface area contributed by atoms with Crippen LogP contribution in [0.5, 0.6) is 0 Å². The molecule has 2 bridgehead atoms. The van der Waals surface area contributed by atoms with Crippen molar-refractivity contribution in [1.29, 1.82) is 0 Å². The lowest BCUT2D eigenvalue weighted by Gasteiger charge is -2.33. The summed E-state index contributed by atoms with van der Waals surface area (Å²) in [6.07, 6.45) is 5.44. The zero-order valence-corrected chi connectivity index (χ0v) is 23.9. The van der Waals surface area contributed by atoms with Gasteiger partial charge < -0.3 is 15.5 Å². The maximum Gasteiger partial charge on any atom is 0.251 e. The molecule has 1 saturated carbocycles. The number of benzene rings is 1. The summed E-state index contributed by atoms with van der Waals surface area (Å²) in [5.41, 5.74) is 3.38. The number of rotatable bonds is 8. The van der Waals surface area contributed by atoms with Gasteiger partial charge in [0.05, 0.1) is 10.2 Å². The fourth-order valence-electron chi connectivity index (χ4n) is 6.08. The van der Waals surface area contributed by atoms with E-state index >= 15 is 0 Å². The van der Waals surface area contributed by atoms with Crippen LogP contribution in [0.3, 0.4) is 0 Å². The van der Waals surface area contributed by atoms with Crippen molar-refractivity contribution in [2.24, 2.45) is 5.92 Å². The van der Waals surface area contributed by atoms with Gasteiger partial charge in [-0.25, -0.2) is 15.0 Å². The number of nitrogens with zero attached hydrogens (tertiary/aromatic N) is 6. The minimum absolute atomic E-state index is 0.0283. The number of hydrogen-bond donors (Lipinski definition) is 2. The number of likely N-dealkylation sites (tertiary alicyclic amines) is 1. The number of amides is 1. The number of aryl methyl sites for hydroxylation is 1. The summed E-state index contributed by atoms with van der Waals surface area (Å²) in [5.74, 6) is 2.80. The second-order valence-corrected chi connectivity index (χ2v) is 12.4. The number of hydrogen-bond acceptors (Lipinski definition) is 9. The Balaban J connectivity index is 1.09. The van der Waals surface area contributed by atoms with E-state index in [1.165, 1.54) is 19.3 Å². The van der Waals surface area contributed by atoms with E-state index in [0.29, 0.717) is 29.4 Å². The highest BCUT2D eigenvalue weighted by atomic mass is 32.1. The van der Waals surface area contributed by atoms with Crippen molar-refractivity contribution in [1.82, 2.24) is 30.2 Å². The van der Waals surface area contributed by atoms with Crippen LogP contribution in [-0.2, 0) is 0 Å². The third kappa shape index (κ3) is 4.90. The van der Waals surface area contributed by atoms with E-state index < -0.39 is 0 Å². The van der Waals surface area contributed by atoms with Crippen molar-refractivity contribution in [3.63, 3.8) is 0 Å². The van der Waals surface area contributed by atoms with Crippen LogP contribution in [0.25, 0.3) is 20.8 Å². The van der Waals surface area contributed by atoms with Crippen LogP contribution >= 0.6 is 11.3 Å². The summed E-state index contributed by atoms with van der Waals surface area (Å²) in [5, 5.41) is 7.39. The first kappa shape index (κ1) is 25.3. The standard InChI is InChI=1S/C30H34N8OS/c1-4-37-15-23-12-22(37)16-38(23)30-32-17(2)10-27(36-30)35-26-13-24-25(14-31-26)40-29(34-24)21-7-5-6-20(11-21)28(39)33-18(3)19-8-9-19/h5-7,10-11,13-14,18-19,22-23H,4,8-9,12,15-16H2,1-3H3,(H,33,39)(H,31,32,35,36)/t18-,22-,23-/m0/s1. The normalized spacial score (nSPS) is 21.2. The van der Waals surface area contributed by atoms with Gasteiger partial charge in [-0.3, -0.25) is 9.69 Å². The molecule has 9 nitrogen and oxygen atoms in total. The smallest absolute Gasteiger partial charge is 0.251 e. The molecule has 0 radical (unpaired) electrons.